The van der Waals surface area contributed by atoms with Gasteiger partial charge in [0.25, 0.3) is 0 Å². The lowest BCUT2D eigenvalue weighted by Gasteiger charge is -2.25. The Balaban J connectivity index is 1.99. The summed E-state index contributed by atoms with van der Waals surface area (Å²) in [7, 11) is 0. The molecule has 1 N–H and O–H groups in total. The third kappa shape index (κ3) is 3.10. The molecule has 1 aromatic carbocycles. The number of rotatable bonds is 3. The highest BCUT2D eigenvalue weighted by molar-refractivity contribution is 5.97. The summed E-state index contributed by atoms with van der Waals surface area (Å²) in [6, 6.07) is 5.60. The molecule has 0 spiro atoms. The topological polar surface area (TPSA) is 49.4 Å². The Hall–Kier alpha value is -1.75. The van der Waals surface area contributed by atoms with E-state index in [0.29, 0.717) is 18.7 Å². The van der Waals surface area contributed by atoms with E-state index in [0.717, 1.165) is 0 Å². The predicted molar refractivity (Wildman–Crippen MR) is 60.2 cm³/mol. The quantitative estimate of drug-likeness (QED) is 0.775. The third-order valence-electron chi connectivity index (χ3n) is 2.63. The molecule has 0 unspecified atom stereocenters. The average molecular weight is 236 g/mol. The van der Waals surface area contributed by atoms with Crippen LogP contribution in [0.25, 0.3) is 0 Å². The molecule has 90 valence electrons. The van der Waals surface area contributed by atoms with Crippen molar-refractivity contribution >= 4 is 11.7 Å². The molecule has 0 saturated carbocycles. The summed E-state index contributed by atoms with van der Waals surface area (Å²) >= 11 is 0. The molecule has 2 rings (SSSR count). The standard InChI is InChI=1S/C12H13FN2O2/c13-10-3-1-2-9(6-10)11(16)7-15-5-4-14-12(17)8-15/h1-3,6H,4-5,7-8H2,(H,14,17). The van der Waals surface area contributed by atoms with Crippen LogP contribution in [0.3, 0.4) is 0 Å². The second-order valence-electron chi connectivity index (χ2n) is 3.99. The predicted octanol–water partition coefficient (Wildman–Crippen LogP) is 0.440. The summed E-state index contributed by atoms with van der Waals surface area (Å²) < 4.78 is 12.9. The first-order valence-electron chi connectivity index (χ1n) is 5.43. The molecule has 0 atom stereocenters. The largest absolute Gasteiger partial charge is 0.354 e. The van der Waals surface area contributed by atoms with Crippen LogP contribution in [0.2, 0.25) is 0 Å². The van der Waals surface area contributed by atoms with Gasteiger partial charge in [0, 0.05) is 18.7 Å². The van der Waals surface area contributed by atoms with Crippen LogP contribution in [-0.4, -0.2) is 42.8 Å². The van der Waals surface area contributed by atoms with Crippen LogP contribution >= 0.6 is 0 Å². The lowest BCUT2D eigenvalue weighted by atomic mass is 10.1. The Morgan fingerprint density at radius 2 is 2.29 bits per heavy atom. The summed E-state index contributed by atoms with van der Waals surface area (Å²) in [5, 5.41) is 2.68. The number of ketones is 1. The van der Waals surface area contributed by atoms with Crippen LogP contribution in [-0.2, 0) is 4.79 Å². The second-order valence-corrected chi connectivity index (χ2v) is 3.99. The third-order valence-corrected chi connectivity index (χ3v) is 2.63. The number of piperazine rings is 1. The minimum Gasteiger partial charge on any atom is -0.354 e. The van der Waals surface area contributed by atoms with Gasteiger partial charge in [-0.05, 0) is 12.1 Å². The van der Waals surface area contributed by atoms with Gasteiger partial charge in [0.1, 0.15) is 5.82 Å². The van der Waals surface area contributed by atoms with Crippen molar-refractivity contribution in [2.24, 2.45) is 0 Å². The van der Waals surface area contributed by atoms with Crippen molar-refractivity contribution < 1.29 is 14.0 Å². The van der Waals surface area contributed by atoms with Crippen molar-refractivity contribution in [3.05, 3.63) is 35.6 Å². The number of carbonyl (C=O) groups excluding carboxylic acids is 2. The van der Waals surface area contributed by atoms with E-state index in [1.807, 2.05) is 0 Å². The number of halogens is 1. The molecule has 1 saturated heterocycles. The van der Waals surface area contributed by atoms with E-state index < -0.39 is 5.82 Å². The number of Topliss-reactive ketones (excluding diaryl/α,β-unsaturated/α-hetero) is 1. The molecule has 0 radical (unpaired) electrons. The Kier molecular flexibility index (Phi) is 3.49. The smallest absolute Gasteiger partial charge is 0.234 e. The highest BCUT2D eigenvalue weighted by Crippen LogP contribution is 2.06. The minimum absolute atomic E-state index is 0.0803. The zero-order chi connectivity index (χ0) is 12.3. The second kappa shape index (κ2) is 5.05. The molecule has 1 aliphatic heterocycles. The summed E-state index contributed by atoms with van der Waals surface area (Å²) in [5.74, 6) is -0.672. The van der Waals surface area contributed by atoms with Crippen molar-refractivity contribution in [3.8, 4) is 0 Å². The first-order chi connectivity index (χ1) is 8.15. The van der Waals surface area contributed by atoms with E-state index in [1.165, 1.54) is 18.2 Å². The first kappa shape index (κ1) is 11.7. The molecule has 1 aromatic rings. The normalized spacial score (nSPS) is 16.6. The lowest BCUT2D eigenvalue weighted by molar-refractivity contribution is -0.123. The summed E-state index contributed by atoms with van der Waals surface area (Å²) in [4.78, 5) is 24.7. The number of amides is 1. The van der Waals surface area contributed by atoms with Gasteiger partial charge < -0.3 is 5.32 Å². The van der Waals surface area contributed by atoms with E-state index in [4.69, 9.17) is 0 Å². The van der Waals surface area contributed by atoms with Crippen LogP contribution in [0, 0.1) is 5.82 Å². The highest BCUT2D eigenvalue weighted by atomic mass is 19.1. The van der Waals surface area contributed by atoms with Gasteiger partial charge in [-0.2, -0.15) is 0 Å². The Morgan fingerprint density at radius 3 is 3.00 bits per heavy atom. The van der Waals surface area contributed by atoms with Crippen LogP contribution in [0.5, 0.6) is 0 Å². The van der Waals surface area contributed by atoms with Crippen LogP contribution in [0.1, 0.15) is 10.4 Å². The van der Waals surface area contributed by atoms with Crippen molar-refractivity contribution in [3.63, 3.8) is 0 Å². The zero-order valence-corrected chi connectivity index (χ0v) is 9.28. The van der Waals surface area contributed by atoms with E-state index in [1.54, 1.807) is 11.0 Å². The van der Waals surface area contributed by atoms with Gasteiger partial charge >= 0.3 is 0 Å². The zero-order valence-electron chi connectivity index (χ0n) is 9.28. The average Bonchev–Trinajstić information content (AvgIpc) is 2.29. The van der Waals surface area contributed by atoms with E-state index >= 15 is 0 Å². The van der Waals surface area contributed by atoms with Gasteiger partial charge in [-0.3, -0.25) is 14.5 Å². The molecule has 0 aromatic heterocycles. The minimum atomic E-state index is -0.424. The summed E-state index contributed by atoms with van der Waals surface area (Å²) in [6.45, 7) is 1.57. The maximum atomic E-state index is 12.9. The highest BCUT2D eigenvalue weighted by Gasteiger charge is 2.19. The van der Waals surface area contributed by atoms with Crippen molar-refractivity contribution in [2.45, 2.75) is 0 Å². The van der Waals surface area contributed by atoms with Gasteiger partial charge in [0.2, 0.25) is 5.91 Å². The van der Waals surface area contributed by atoms with Gasteiger partial charge in [-0.1, -0.05) is 12.1 Å². The SMILES string of the molecule is O=C1CN(CC(=O)c2cccc(F)c2)CCN1. The molecule has 4 nitrogen and oxygen atoms in total. The maximum Gasteiger partial charge on any atom is 0.234 e. The molecule has 1 amide bonds. The molecule has 1 aliphatic rings. The monoisotopic (exact) mass is 236 g/mol. The molecule has 5 heteroatoms. The van der Waals surface area contributed by atoms with E-state index in [2.05, 4.69) is 5.32 Å². The maximum absolute atomic E-state index is 12.9. The Morgan fingerprint density at radius 1 is 1.47 bits per heavy atom. The Bertz CT molecular complexity index is 448. The fourth-order valence-corrected chi connectivity index (χ4v) is 1.78. The van der Waals surface area contributed by atoms with Gasteiger partial charge in [0.15, 0.2) is 5.78 Å². The molecular weight excluding hydrogens is 223 g/mol. The van der Waals surface area contributed by atoms with E-state index in [9.17, 15) is 14.0 Å². The Labute approximate surface area is 98.4 Å². The molecule has 0 bridgehead atoms. The fraction of sp³-hybridized carbons (Fsp3) is 0.333. The van der Waals surface area contributed by atoms with Gasteiger partial charge in [-0.25, -0.2) is 4.39 Å². The van der Waals surface area contributed by atoms with Crippen molar-refractivity contribution in [2.75, 3.05) is 26.2 Å². The molecule has 1 heterocycles. The fourth-order valence-electron chi connectivity index (χ4n) is 1.78. The summed E-state index contributed by atoms with van der Waals surface area (Å²) in [6.07, 6.45) is 0. The number of carbonyl (C=O) groups is 2. The number of nitrogens with zero attached hydrogens (tertiary/aromatic N) is 1. The van der Waals surface area contributed by atoms with Crippen molar-refractivity contribution in [1.29, 1.82) is 0 Å². The number of hydrogen-bond acceptors (Lipinski definition) is 3. The molecular formula is C12H13FN2O2. The molecule has 17 heavy (non-hydrogen) atoms. The first-order valence-corrected chi connectivity index (χ1v) is 5.43. The van der Waals surface area contributed by atoms with Crippen LogP contribution < -0.4 is 5.32 Å². The molecule has 1 fully saturated rings. The van der Waals surface area contributed by atoms with E-state index in [-0.39, 0.29) is 24.8 Å². The molecule has 0 aliphatic carbocycles. The van der Waals surface area contributed by atoms with Gasteiger partial charge in [0.05, 0.1) is 13.1 Å². The van der Waals surface area contributed by atoms with Gasteiger partial charge in [-0.15, -0.1) is 0 Å². The number of nitrogens with one attached hydrogen (secondary N) is 1. The van der Waals surface area contributed by atoms with Crippen LogP contribution in [0.15, 0.2) is 24.3 Å². The van der Waals surface area contributed by atoms with Crippen LogP contribution in [0.4, 0.5) is 4.39 Å². The lowest BCUT2D eigenvalue weighted by Crippen LogP contribution is -2.49. The number of benzene rings is 1. The number of hydrogen-bond donors (Lipinski definition) is 1. The van der Waals surface area contributed by atoms with Crippen molar-refractivity contribution in [1.82, 2.24) is 10.2 Å². The summed E-state index contributed by atoms with van der Waals surface area (Å²) in [5.41, 5.74) is 0.344.